The van der Waals surface area contributed by atoms with Crippen LogP contribution in [0.5, 0.6) is 11.5 Å². The first kappa shape index (κ1) is 21.5. The summed E-state index contributed by atoms with van der Waals surface area (Å²) in [6.07, 6.45) is 0. The Morgan fingerprint density at radius 2 is 1.62 bits per heavy atom. The summed E-state index contributed by atoms with van der Waals surface area (Å²) in [4.78, 5) is 1.22. The highest BCUT2D eigenvalue weighted by molar-refractivity contribution is 7.99. The first-order chi connectivity index (χ1) is 14.1. The summed E-state index contributed by atoms with van der Waals surface area (Å²) in [6, 6.07) is 25.4. The topological polar surface area (TPSA) is 33.3 Å². The van der Waals surface area contributed by atoms with E-state index in [1.807, 2.05) is 90.6 Å². The molecule has 0 aliphatic carbocycles. The highest BCUT2D eigenvalue weighted by Crippen LogP contribution is 2.23. The van der Waals surface area contributed by atoms with E-state index >= 15 is 0 Å². The van der Waals surface area contributed by atoms with Crippen molar-refractivity contribution in [3.63, 3.8) is 0 Å². The van der Waals surface area contributed by atoms with Gasteiger partial charge in [-0.15, -0.1) is 11.8 Å². The normalized spacial score (nSPS) is 11.5. The van der Waals surface area contributed by atoms with Crippen LogP contribution in [0.25, 0.3) is 0 Å². The SMILES string of the molecule is C[C@@H](CNC(=S)Nc1ccc(Oc2ccccc2)cc1)CSc1ccc(Cl)cc1. The van der Waals surface area contributed by atoms with Gasteiger partial charge in [-0.3, -0.25) is 0 Å². The van der Waals surface area contributed by atoms with Gasteiger partial charge in [0.05, 0.1) is 0 Å². The zero-order chi connectivity index (χ0) is 20.5. The van der Waals surface area contributed by atoms with E-state index in [9.17, 15) is 0 Å². The molecule has 0 saturated heterocycles. The monoisotopic (exact) mass is 442 g/mol. The zero-order valence-electron chi connectivity index (χ0n) is 16.1. The van der Waals surface area contributed by atoms with Gasteiger partial charge in [-0.1, -0.05) is 36.7 Å². The van der Waals surface area contributed by atoms with Gasteiger partial charge in [0, 0.05) is 27.9 Å². The van der Waals surface area contributed by atoms with Crippen LogP contribution in [0.15, 0.2) is 83.8 Å². The quantitative estimate of drug-likeness (QED) is 0.294. The van der Waals surface area contributed by atoms with Crippen molar-refractivity contribution < 1.29 is 4.74 Å². The third-order valence-electron chi connectivity index (χ3n) is 4.05. The molecule has 0 heterocycles. The lowest BCUT2D eigenvalue weighted by Crippen LogP contribution is -2.32. The van der Waals surface area contributed by atoms with Crippen LogP contribution in [0.4, 0.5) is 5.69 Å². The van der Waals surface area contributed by atoms with Gasteiger partial charge < -0.3 is 15.4 Å². The van der Waals surface area contributed by atoms with Crippen molar-refractivity contribution in [3.8, 4) is 11.5 Å². The van der Waals surface area contributed by atoms with Crippen LogP contribution in [0, 0.1) is 5.92 Å². The third kappa shape index (κ3) is 7.61. The van der Waals surface area contributed by atoms with Gasteiger partial charge in [0.15, 0.2) is 5.11 Å². The van der Waals surface area contributed by atoms with E-state index in [1.165, 1.54) is 4.90 Å². The molecule has 3 rings (SSSR count). The van der Waals surface area contributed by atoms with Crippen LogP contribution in [-0.2, 0) is 0 Å². The van der Waals surface area contributed by atoms with E-state index in [1.54, 1.807) is 0 Å². The van der Waals surface area contributed by atoms with Gasteiger partial charge in [-0.2, -0.15) is 0 Å². The van der Waals surface area contributed by atoms with E-state index in [-0.39, 0.29) is 0 Å². The van der Waals surface area contributed by atoms with Crippen molar-refractivity contribution >= 4 is 46.4 Å². The summed E-state index contributed by atoms with van der Waals surface area (Å²) >= 11 is 13.2. The van der Waals surface area contributed by atoms with E-state index in [2.05, 4.69) is 17.6 Å². The summed E-state index contributed by atoms with van der Waals surface area (Å²) in [5.41, 5.74) is 0.922. The lowest BCUT2D eigenvalue weighted by Gasteiger charge is -2.15. The van der Waals surface area contributed by atoms with Gasteiger partial charge >= 0.3 is 0 Å². The first-order valence-corrected chi connectivity index (χ1v) is 11.1. The maximum Gasteiger partial charge on any atom is 0.170 e. The fraction of sp³-hybridized carbons (Fsp3) is 0.174. The number of nitrogens with one attached hydrogen (secondary N) is 2. The highest BCUT2D eigenvalue weighted by atomic mass is 35.5. The number of hydrogen-bond acceptors (Lipinski definition) is 3. The maximum atomic E-state index is 5.92. The molecule has 0 bridgehead atoms. The van der Waals surface area contributed by atoms with Gasteiger partial charge in [0.2, 0.25) is 0 Å². The Kier molecular flexibility index (Phi) is 8.23. The Morgan fingerprint density at radius 3 is 2.31 bits per heavy atom. The minimum absolute atomic E-state index is 0.470. The van der Waals surface area contributed by atoms with Crippen molar-refractivity contribution in [1.82, 2.24) is 5.32 Å². The lowest BCUT2D eigenvalue weighted by molar-refractivity contribution is 0.483. The molecule has 3 aromatic rings. The molecule has 0 unspecified atom stereocenters. The van der Waals surface area contributed by atoms with Crippen LogP contribution in [0.2, 0.25) is 5.02 Å². The number of halogens is 1. The van der Waals surface area contributed by atoms with Crippen molar-refractivity contribution in [2.45, 2.75) is 11.8 Å². The fourth-order valence-electron chi connectivity index (χ4n) is 2.50. The number of benzene rings is 3. The average molecular weight is 443 g/mol. The van der Waals surface area contributed by atoms with Gasteiger partial charge in [-0.25, -0.2) is 0 Å². The molecular formula is C23H23ClN2OS2. The smallest absolute Gasteiger partial charge is 0.170 e. The van der Waals surface area contributed by atoms with E-state index in [4.69, 9.17) is 28.6 Å². The first-order valence-electron chi connectivity index (χ1n) is 9.34. The van der Waals surface area contributed by atoms with Gasteiger partial charge in [0.25, 0.3) is 0 Å². The summed E-state index contributed by atoms with van der Waals surface area (Å²) in [6.45, 7) is 3.01. The molecule has 3 aromatic carbocycles. The second-order valence-corrected chi connectivity index (χ2v) is 8.58. The Bertz CT molecular complexity index is 902. The Morgan fingerprint density at radius 1 is 0.966 bits per heavy atom. The molecule has 0 amide bonds. The number of thioether (sulfide) groups is 1. The van der Waals surface area contributed by atoms with E-state index < -0.39 is 0 Å². The van der Waals surface area contributed by atoms with Crippen molar-refractivity contribution in [1.29, 1.82) is 0 Å². The molecule has 0 aromatic heterocycles. The van der Waals surface area contributed by atoms with Crippen molar-refractivity contribution in [2.75, 3.05) is 17.6 Å². The second kappa shape index (κ2) is 11.1. The van der Waals surface area contributed by atoms with Gasteiger partial charge in [-0.05, 0) is 78.8 Å². The highest BCUT2D eigenvalue weighted by Gasteiger charge is 2.06. The molecule has 0 spiro atoms. The number of rotatable bonds is 8. The number of hydrogen-bond donors (Lipinski definition) is 2. The molecule has 3 nitrogen and oxygen atoms in total. The summed E-state index contributed by atoms with van der Waals surface area (Å²) in [7, 11) is 0. The summed E-state index contributed by atoms with van der Waals surface area (Å²) < 4.78 is 5.80. The lowest BCUT2D eigenvalue weighted by atomic mass is 10.2. The Labute approximate surface area is 186 Å². The molecule has 0 aliphatic heterocycles. The zero-order valence-corrected chi connectivity index (χ0v) is 18.5. The molecule has 0 aliphatic rings. The predicted octanol–water partition coefficient (Wildman–Crippen LogP) is 6.85. The van der Waals surface area contributed by atoms with Crippen LogP contribution in [0.1, 0.15) is 6.92 Å². The number of ether oxygens (including phenoxy) is 1. The fourth-order valence-corrected chi connectivity index (χ4v) is 3.75. The minimum Gasteiger partial charge on any atom is -0.457 e. The van der Waals surface area contributed by atoms with Crippen LogP contribution < -0.4 is 15.4 Å². The summed E-state index contributed by atoms with van der Waals surface area (Å²) in [5.74, 6) is 3.07. The number of anilines is 1. The minimum atomic E-state index is 0.470. The number of thiocarbonyl (C=S) groups is 1. The molecule has 150 valence electrons. The van der Waals surface area contributed by atoms with Crippen LogP contribution in [0.3, 0.4) is 0 Å². The molecule has 1 atom stereocenters. The molecule has 0 fully saturated rings. The average Bonchev–Trinajstić information content (AvgIpc) is 2.74. The molecular weight excluding hydrogens is 420 g/mol. The second-order valence-electron chi connectivity index (χ2n) is 6.64. The van der Waals surface area contributed by atoms with Gasteiger partial charge in [0.1, 0.15) is 11.5 Å². The van der Waals surface area contributed by atoms with Crippen molar-refractivity contribution in [2.24, 2.45) is 5.92 Å². The van der Waals surface area contributed by atoms with E-state index in [0.29, 0.717) is 11.0 Å². The third-order valence-corrected chi connectivity index (χ3v) is 5.89. The van der Waals surface area contributed by atoms with Crippen LogP contribution >= 0.6 is 35.6 Å². The molecule has 6 heteroatoms. The Hall–Kier alpha value is -2.21. The molecule has 0 radical (unpaired) electrons. The maximum absolute atomic E-state index is 5.92. The standard InChI is InChI=1S/C23H23ClN2OS2/c1-17(16-29-22-13-7-18(24)8-14-22)15-25-23(28)26-19-9-11-21(12-10-19)27-20-5-3-2-4-6-20/h2-14,17H,15-16H2,1H3,(H2,25,26,28)/t17-/m0/s1. The predicted molar refractivity (Wildman–Crippen MR) is 129 cm³/mol. The number of para-hydroxylation sites is 1. The Balaban J connectivity index is 1.39. The molecule has 2 N–H and O–H groups in total. The molecule has 29 heavy (non-hydrogen) atoms. The molecule has 0 saturated carbocycles. The van der Waals surface area contributed by atoms with Crippen LogP contribution in [-0.4, -0.2) is 17.4 Å². The van der Waals surface area contributed by atoms with E-state index in [0.717, 1.165) is 34.5 Å². The van der Waals surface area contributed by atoms with Crippen molar-refractivity contribution in [3.05, 3.63) is 83.9 Å². The largest absolute Gasteiger partial charge is 0.457 e. The summed E-state index contributed by atoms with van der Waals surface area (Å²) in [5, 5.41) is 7.88.